The van der Waals surface area contributed by atoms with Gasteiger partial charge in [0.05, 0.1) is 15.7 Å². The van der Waals surface area contributed by atoms with Crippen LogP contribution in [0.3, 0.4) is 0 Å². The highest BCUT2D eigenvalue weighted by Crippen LogP contribution is 2.36. The van der Waals surface area contributed by atoms with Gasteiger partial charge in [0.25, 0.3) is 5.91 Å². The molecule has 0 saturated carbocycles. The largest absolute Gasteiger partial charge is 0.398 e. The maximum absolute atomic E-state index is 12.1. The van der Waals surface area contributed by atoms with Crippen molar-refractivity contribution >= 4 is 56.4 Å². The molecular formula is C14H11BrCl2N2O. The highest BCUT2D eigenvalue weighted by atomic mass is 79.9. The molecule has 0 atom stereocenters. The van der Waals surface area contributed by atoms with Crippen molar-refractivity contribution in [3.05, 3.63) is 56.0 Å². The zero-order chi connectivity index (χ0) is 14.9. The monoisotopic (exact) mass is 372 g/mol. The molecule has 0 aromatic heterocycles. The Morgan fingerprint density at radius 1 is 1.20 bits per heavy atom. The predicted molar refractivity (Wildman–Crippen MR) is 87.7 cm³/mol. The predicted octanol–water partition coefficient (Wildman–Crippen LogP) is 4.90. The highest BCUT2D eigenvalue weighted by Gasteiger charge is 2.13. The fraction of sp³-hybridized carbons (Fsp3) is 0.0714. The summed E-state index contributed by atoms with van der Waals surface area (Å²) in [5, 5.41) is 3.35. The Morgan fingerprint density at radius 2 is 1.90 bits per heavy atom. The van der Waals surface area contributed by atoms with Crippen LogP contribution in [0, 0.1) is 6.92 Å². The van der Waals surface area contributed by atoms with Gasteiger partial charge < -0.3 is 11.1 Å². The van der Waals surface area contributed by atoms with E-state index in [-0.39, 0.29) is 10.9 Å². The summed E-state index contributed by atoms with van der Waals surface area (Å²) in [6, 6.07) is 8.51. The van der Waals surface area contributed by atoms with Gasteiger partial charge in [-0.15, -0.1) is 0 Å². The summed E-state index contributed by atoms with van der Waals surface area (Å²) in [5.74, 6) is -0.294. The Labute approximate surface area is 135 Å². The summed E-state index contributed by atoms with van der Waals surface area (Å²) >= 11 is 15.4. The van der Waals surface area contributed by atoms with Crippen molar-refractivity contribution in [3.63, 3.8) is 0 Å². The van der Waals surface area contributed by atoms with E-state index in [0.717, 1.165) is 5.56 Å². The lowest BCUT2D eigenvalue weighted by Gasteiger charge is -2.10. The third kappa shape index (κ3) is 3.08. The van der Waals surface area contributed by atoms with E-state index in [0.29, 0.717) is 26.4 Å². The first-order valence-corrected chi connectivity index (χ1v) is 7.26. The number of carbonyl (C=O) groups excluding carboxylic acids is 1. The number of benzene rings is 2. The van der Waals surface area contributed by atoms with Crippen molar-refractivity contribution in [1.29, 1.82) is 0 Å². The van der Waals surface area contributed by atoms with Gasteiger partial charge in [-0.3, -0.25) is 4.79 Å². The molecule has 0 saturated heterocycles. The zero-order valence-corrected chi connectivity index (χ0v) is 13.6. The van der Waals surface area contributed by atoms with Crippen LogP contribution in [0.25, 0.3) is 0 Å². The first-order chi connectivity index (χ1) is 9.40. The van der Waals surface area contributed by atoms with Crippen LogP contribution in [-0.2, 0) is 0 Å². The van der Waals surface area contributed by atoms with E-state index < -0.39 is 0 Å². The summed E-state index contributed by atoms with van der Waals surface area (Å²) in [7, 11) is 0. The van der Waals surface area contributed by atoms with E-state index in [2.05, 4.69) is 21.2 Å². The van der Waals surface area contributed by atoms with Crippen molar-refractivity contribution in [2.24, 2.45) is 0 Å². The lowest BCUT2D eigenvalue weighted by atomic mass is 10.1. The van der Waals surface area contributed by atoms with E-state index >= 15 is 0 Å². The SMILES string of the molecule is Cc1ccc(C(=O)Nc2ccc(Br)c(Cl)c2Cl)cc1N. The molecule has 0 heterocycles. The average Bonchev–Trinajstić information content (AvgIpc) is 2.42. The lowest BCUT2D eigenvalue weighted by Crippen LogP contribution is -2.12. The number of nitrogen functional groups attached to an aromatic ring is 1. The number of halogens is 3. The van der Waals surface area contributed by atoms with Crippen molar-refractivity contribution < 1.29 is 4.79 Å². The molecule has 3 nitrogen and oxygen atoms in total. The van der Waals surface area contributed by atoms with Crippen LogP contribution in [0.2, 0.25) is 10.0 Å². The molecule has 1 amide bonds. The van der Waals surface area contributed by atoms with Gasteiger partial charge >= 0.3 is 0 Å². The number of hydrogen-bond acceptors (Lipinski definition) is 2. The van der Waals surface area contributed by atoms with Crippen LogP contribution in [0.4, 0.5) is 11.4 Å². The summed E-state index contributed by atoms with van der Waals surface area (Å²) in [6.45, 7) is 1.88. The Kier molecular flexibility index (Phi) is 4.58. The minimum Gasteiger partial charge on any atom is -0.398 e. The minimum atomic E-state index is -0.294. The van der Waals surface area contributed by atoms with Crippen molar-refractivity contribution in [2.45, 2.75) is 6.92 Å². The Bertz CT molecular complexity index is 689. The Hall–Kier alpha value is -1.23. The molecule has 3 N–H and O–H groups in total. The molecule has 20 heavy (non-hydrogen) atoms. The molecule has 0 spiro atoms. The Balaban J connectivity index is 2.28. The van der Waals surface area contributed by atoms with Gasteiger partial charge in [-0.05, 0) is 52.7 Å². The molecular weight excluding hydrogens is 363 g/mol. The lowest BCUT2D eigenvalue weighted by molar-refractivity contribution is 0.102. The second kappa shape index (κ2) is 6.04. The molecule has 2 aromatic carbocycles. The minimum absolute atomic E-state index is 0.287. The van der Waals surface area contributed by atoms with E-state index in [1.165, 1.54) is 0 Å². The van der Waals surface area contributed by atoms with Gasteiger partial charge in [0, 0.05) is 15.7 Å². The smallest absolute Gasteiger partial charge is 0.255 e. The maximum Gasteiger partial charge on any atom is 0.255 e. The third-order valence-corrected chi connectivity index (χ3v) is 4.60. The zero-order valence-electron chi connectivity index (χ0n) is 10.5. The number of aryl methyl sites for hydroxylation is 1. The molecule has 104 valence electrons. The summed E-state index contributed by atoms with van der Waals surface area (Å²) in [6.07, 6.45) is 0. The number of anilines is 2. The molecule has 2 rings (SSSR count). The number of rotatable bonds is 2. The van der Waals surface area contributed by atoms with Crippen molar-refractivity contribution in [2.75, 3.05) is 11.1 Å². The Morgan fingerprint density at radius 3 is 2.55 bits per heavy atom. The normalized spacial score (nSPS) is 10.4. The molecule has 2 aromatic rings. The van der Waals surface area contributed by atoms with Gasteiger partial charge in [0.15, 0.2) is 0 Å². The van der Waals surface area contributed by atoms with Crippen LogP contribution in [0.15, 0.2) is 34.8 Å². The van der Waals surface area contributed by atoms with Crippen LogP contribution < -0.4 is 11.1 Å². The van der Waals surface area contributed by atoms with Crippen LogP contribution in [-0.4, -0.2) is 5.91 Å². The van der Waals surface area contributed by atoms with E-state index in [4.69, 9.17) is 28.9 Å². The fourth-order valence-electron chi connectivity index (χ4n) is 1.60. The topological polar surface area (TPSA) is 55.1 Å². The van der Waals surface area contributed by atoms with Gasteiger partial charge in [0.2, 0.25) is 0 Å². The van der Waals surface area contributed by atoms with Crippen molar-refractivity contribution in [1.82, 2.24) is 0 Å². The number of carbonyl (C=O) groups is 1. The molecule has 0 bridgehead atoms. The summed E-state index contributed by atoms with van der Waals surface area (Å²) in [4.78, 5) is 12.1. The second-order valence-electron chi connectivity index (χ2n) is 4.25. The highest BCUT2D eigenvalue weighted by molar-refractivity contribution is 9.10. The number of hydrogen-bond donors (Lipinski definition) is 2. The standard InChI is InChI=1S/C14H11BrCl2N2O/c1-7-2-3-8(6-10(7)18)14(20)19-11-5-4-9(15)12(16)13(11)17/h2-6H,18H2,1H3,(H,19,20). The molecule has 6 heteroatoms. The summed E-state index contributed by atoms with van der Waals surface area (Å²) < 4.78 is 0.668. The summed E-state index contributed by atoms with van der Waals surface area (Å²) in [5.41, 5.74) is 8.19. The average molecular weight is 374 g/mol. The quantitative estimate of drug-likeness (QED) is 0.581. The van der Waals surface area contributed by atoms with Gasteiger partial charge in [0.1, 0.15) is 0 Å². The number of nitrogens with two attached hydrogens (primary N) is 1. The molecule has 0 unspecified atom stereocenters. The van der Waals surface area contributed by atoms with Crippen LogP contribution >= 0.6 is 39.1 Å². The molecule has 0 aliphatic carbocycles. The van der Waals surface area contributed by atoms with Crippen LogP contribution in [0.5, 0.6) is 0 Å². The number of nitrogens with one attached hydrogen (secondary N) is 1. The van der Waals surface area contributed by atoms with E-state index in [1.807, 2.05) is 6.92 Å². The molecule has 0 aliphatic heterocycles. The molecule has 0 radical (unpaired) electrons. The molecule has 0 aliphatic rings. The van der Waals surface area contributed by atoms with Gasteiger partial charge in [-0.25, -0.2) is 0 Å². The second-order valence-corrected chi connectivity index (χ2v) is 5.86. The molecule has 0 fully saturated rings. The van der Waals surface area contributed by atoms with Crippen LogP contribution in [0.1, 0.15) is 15.9 Å². The van der Waals surface area contributed by atoms with E-state index in [1.54, 1.807) is 30.3 Å². The maximum atomic E-state index is 12.1. The van der Waals surface area contributed by atoms with Gasteiger partial charge in [-0.2, -0.15) is 0 Å². The first kappa shape index (κ1) is 15.2. The van der Waals surface area contributed by atoms with Crippen molar-refractivity contribution in [3.8, 4) is 0 Å². The van der Waals surface area contributed by atoms with Gasteiger partial charge in [-0.1, -0.05) is 29.3 Å². The fourth-order valence-corrected chi connectivity index (χ4v) is 2.42. The van der Waals surface area contributed by atoms with E-state index in [9.17, 15) is 4.79 Å². The first-order valence-electron chi connectivity index (χ1n) is 5.71. The number of amides is 1. The third-order valence-electron chi connectivity index (χ3n) is 2.82.